The molecule has 1 unspecified atom stereocenters. The number of rotatable bonds is 11. The predicted molar refractivity (Wildman–Crippen MR) is 127 cm³/mol. The maximum absolute atomic E-state index is 12.5. The van der Waals surface area contributed by atoms with Crippen molar-refractivity contribution in [2.45, 2.75) is 30.6 Å². The van der Waals surface area contributed by atoms with Crippen LogP contribution in [0.15, 0.2) is 77.7 Å². The minimum Gasteiger partial charge on any atom is -0.456 e. The van der Waals surface area contributed by atoms with Crippen molar-refractivity contribution in [3.8, 4) is 0 Å². The van der Waals surface area contributed by atoms with Crippen LogP contribution in [0.2, 0.25) is 0 Å². The summed E-state index contributed by atoms with van der Waals surface area (Å²) in [5, 5.41) is 4.52. The third-order valence-electron chi connectivity index (χ3n) is 5.33. The number of amides is 1. The molecule has 1 atom stereocenters. The molecule has 174 valence electrons. The van der Waals surface area contributed by atoms with Crippen molar-refractivity contribution in [2.75, 3.05) is 19.7 Å². The number of hydrogen-bond acceptors (Lipinski definition) is 5. The van der Waals surface area contributed by atoms with Gasteiger partial charge in [0.2, 0.25) is 10.0 Å². The smallest absolute Gasteiger partial charge is 0.307 e. The number of fused-ring (bicyclic) bond motifs is 1. The van der Waals surface area contributed by atoms with Gasteiger partial charge >= 0.3 is 5.97 Å². The van der Waals surface area contributed by atoms with E-state index in [1.807, 2.05) is 61.5 Å². The number of sulfonamides is 1. The first-order chi connectivity index (χ1) is 15.9. The lowest BCUT2D eigenvalue weighted by atomic mass is 9.96. The van der Waals surface area contributed by atoms with Crippen molar-refractivity contribution in [1.82, 2.24) is 10.0 Å². The summed E-state index contributed by atoms with van der Waals surface area (Å²) in [6.45, 7) is 1.97. The summed E-state index contributed by atoms with van der Waals surface area (Å²) < 4.78 is 32.3. The number of carbonyl (C=O) groups is 2. The van der Waals surface area contributed by atoms with Crippen LogP contribution in [0.3, 0.4) is 0 Å². The Morgan fingerprint density at radius 2 is 1.64 bits per heavy atom. The number of nitrogens with one attached hydrogen (secondary N) is 2. The Morgan fingerprint density at radius 1 is 0.939 bits per heavy atom. The molecule has 2 N–H and O–H groups in total. The molecule has 3 aromatic rings. The van der Waals surface area contributed by atoms with Crippen molar-refractivity contribution in [3.05, 3.63) is 78.4 Å². The van der Waals surface area contributed by atoms with E-state index in [4.69, 9.17) is 4.74 Å². The standard InChI is InChI=1S/C25H28N2O5S/c1-2-19(20-8-4-3-5-9-20)17-26-24(28)18-32-25(29)14-15-27-33(30,31)23-13-12-21-10-6-7-11-22(21)16-23/h3-13,16,19,27H,2,14-15,17-18H2,1H3,(H,26,28). The Balaban J connectivity index is 1.40. The van der Waals surface area contributed by atoms with Crippen LogP contribution < -0.4 is 10.0 Å². The van der Waals surface area contributed by atoms with E-state index in [1.54, 1.807) is 12.1 Å². The summed E-state index contributed by atoms with van der Waals surface area (Å²) in [5.74, 6) is -0.869. The van der Waals surface area contributed by atoms with Crippen LogP contribution in [0.4, 0.5) is 0 Å². The Kier molecular flexibility index (Phi) is 8.57. The van der Waals surface area contributed by atoms with Gasteiger partial charge in [-0.2, -0.15) is 0 Å². The molecule has 0 radical (unpaired) electrons. The summed E-state index contributed by atoms with van der Waals surface area (Å²) >= 11 is 0. The van der Waals surface area contributed by atoms with Crippen molar-refractivity contribution in [2.24, 2.45) is 0 Å². The van der Waals surface area contributed by atoms with E-state index in [2.05, 4.69) is 10.0 Å². The van der Waals surface area contributed by atoms with Crippen LogP contribution in [-0.2, 0) is 24.3 Å². The van der Waals surface area contributed by atoms with Crippen LogP contribution in [0, 0.1) is 0 Å². The normalized spacial score (nSPS) is 12.3. The SMILES string of the molecule is CCC(CNC(=O)COC(=O)CCNS(=O)(=O)c1ccc2ccccc2c1)c1ccccc1. The van der Waals surface area contributed by atoms with Gasteiger partial charge in [0.15, 0.2) is 6.61 Å². The van der Waals surface area contributed by atoms with Gasteiger partial charge in [-0.3, -0.25) is 9.59 Å². The molecular formula is C25H28N2O5S. The molecule has 3 aromatic carbocycles. The molecule has 0 aliphatic carbocycles. The molecule has 8 heteroatoms. The zero-order valence-electron chi connectivity index (χ0n) is 18.5. The van der Waals surface area contributed by atoms with E-state index in [9.17, 15) is 18.0 Å². The molecule has 0 saturated carbocycles. The first kappa shape index (κ1) is 24.4. The molecule has 0 fully saturated rings. The largest absolute Gasteiger partial charge is 0.456 e. The van der Waals surface area contributed by atoms with Crippen molar-refractivity contribution < 1.29 is 22.7 Å². The van der Waals surface area contributed by atoms with Crippen LogP contribution >= 0.6 is 0 Å². The van der Waals surface area contributed by atoms with Gasteiger partial charge in [0, 0.05) is 19.0 Å². The number of carbonyl (C=O) groups excluding carboxylic acids is 2. The topological polar surface area (TPSA) is 102 Å². The second kappa shape index (κ2) is 11.6. The van der Waals surface area contributed by atoms with E-state index in [-0.39, 0.29) is 23.8 Å². The van der Waals surface area contributed by atoms with E-state index < -0.39 is 28.5 Å². The first-order valence-electron chi connectivity index (χ1n) is 10.8. The van der Waals surface area contributed by atoms with E-state index >= 15 is 0 Å². The third kappa shape index (κ3) is 7.13. The maximum Gasteiger partial charge on any atom is 0.307 e. The lowest BCUT2D eigenvalue weighted by molar-refractivity contribution is -0.148. The summed E-state index contributed by atoms with van der Waals surface area (Å²) in [7, 11) is -3.76. The maximum atomic E-state index is 12.5. The van der Waals surface area contributed by atoms with Crippen LogP contribution in [0.1, 0.15) is 31.2 Å². The molecule has 0 saturated heterocycles. The van der Waals surface area contributed by atoms with E-state index in [1.165, 1.54) is 6.07 Å². The zero-order chi connectivity index (χ0) is 23.7. The van der Waals surface area contributed by atoms with Gasteiger partial charge in [0.1, 0.15) is 0 Å². The van der Waals surface area contributed by atoms with E-state index in [0.717, 1.165) is 22.8 Å². The van der Waals surface area contributed by atoms with Gasteiger partial charge in [-0.1, -0.05) is 67.6 Å². The number of esters is 1. The highest BCUT2D eigenvalue weighted by Gasteiger charge is 2.16. The molecule has 0 bridgehead atoms. The average molecular weight is 469 g/mol. The van der Waals surface area contributed by atoms with Crippen LogP contribution in [-0.4, -0.2) is 40.0 Å². The van der Waals surface area contributed by atoms with E-state index in [0.29, 0.717) is 6.54 Å². The Bertz CT molecular complexity index is 1200. The molecule has 0 heterocycles. The average Bonchev–Trinajstić information content (AvgIpc) is 2.83. The Hall–Kier alpha value is -3.23. The van der Waals surface area contributed by atoms with Gasteiger partial charge < -0.3 is 10.1 Å². The highest BCUT2D eigenvalue weighted by atomic mass is 32.2. The second-order valence-corrected chi connectivity index (χ2v) is 9.40. The fourth-order valence-corrected chi connectivity index (χ4v) is 4.50. The highest BCUT2D eigenvalue weighted by molar-refractivity contribution is 7.89. The number of ether oxygens (including phenoxy) is 1. The summed E-state index contributed by atoms with van der Waals surface area (Å²) in [6, 6.07) is 22.2. The fraction of sp³-hybridized carbons (Fsp3) is 0.280. The lowest BCUT2D eigenvalue weighted by Gasteiger charge is -2.16. The number of benzene rings is 3. The molecule has 0 aromatic heterocycles. The Labute approximate surface area is 194 Å². The lowest BCUT2D eigenvalue weighted by Crippen LogP contribution is -2.33. The molecule has 0 spiro atoms. The zero-order valence-corrected chi connectivity index (χ0v) is 19.3. The second-order valence-electron chi connectivity index (χ2n) is 7.64. The highest BCUT2D eigenvalue weighted by Crippen LogP contribution is 2.19. The minimum atomic E-state index is -3.76. The van der Waals surface area contributed by atoms with Gasteiger partial charge in [-0.15, -0.1) is 0 Å². The van der Waals surface area contributed by atoms with Gasteiger partial charge in [-0.05, 0) is 34.9 Å². The molecule has 0 aliphatic heterocycles. The number of hydrogen-bond donors (Lipinski definition) is 2. The van der Waals surface area contributed by atoms with Gasteiger partial charge in [-0.25, -0.2) is 13.1 Å². The van der Waals surface area contributed by atoms with Crippen LogP contribution in [0.5, 0.6) is 0 Å². The molecule has 7 nitrogen and oxygen atoms in total. The van der Waals surface area contributed by atoms with Gasteiger partial charge in [0.25, 0.3) is 5.91 Å². The molecule has 3 rings (SSSR count). The molecule has 33 heavy (non-hydrogen) atoms. The quantitative estimate of drug-likeness (QED) is 0.420. The van der Waals surface area contributed by atoms with Crippen molar-refractivity contribution >= 4 is 32.7 Å². The molecular weight excluding hydrogens is 440 g/mol. The Morgan fingerprint density at radius 3 is 2.36 bits per heavy atom. The van der Waals surface area contributed by atoms with Crippen molar-refractivity contribution in [3.63, 3.8) is 0 Å². The third-order valence-corrected chi connectivity index (χ3v) is 6.78. The molecule has 1 amide bonds. The predicted octanol–water partition coefficient (Wildman–Crippen LogP) is 3.36. The minimum absolute atomic E-state index is 0.123. The monoisotopic (exact) mass is 468 g/mol. The molecule has 0 aliphatic rings. The van der Waals surface area contributed by atoms with Gasteiger partial charge in [0.05, 0.1) is 11.3 Å². The summed E-state index contributed by atoms with van der Waals surface area (Å²) in [6.07, 6.45) is 0.684. The first-order valence-corrected chi connectivity index (χ1v) is 12.3. The summed E-state index contributed by atoms with van der Waals surface area (Å²) in [5.41, 5.74) is 1.14. The summed E-state index contributed by atoms with van der Waals surface area (Å²) in [4.78, 5) is 24.1. The van der Waals surface area contributed by atoms with Crippen molar-refractivity contribution in [1.29, 1.82) is 0 Å². The fourth-order valence-electron chi connectivity index (χ4n) is 3.43. The van der Waals surface area contributed by atoms with Crippen LogP contribution in [0.25, 0.3) is 10.8 Å².